The Morgan fingerprint density at radius 3 is 2.10 bits per heavy atom. The number of anilines is 1. The van der Waals surface area contributed by atoms with Crippen molar-refractivity contribution >= 4 is 79.3 Å². The molecular weight excluding hydrogens is 1210 g/mol. The number of imide groups is 1. The van der Waals surface area contributed by atoms with Crippen LogP contribution in [0.15, 0.2) is 83.0 Å². The smallest absolute Gasteiger partial charge is 0.472 e. The van der Waals surface area contributed by atoms with Crippen molar-refractivity contribution in [3.8, 4) is 11.5 Å². The van der Waals surface area contributed by atoms with Gasteiger partial charge in [-0.1, -0.05) is 83.3 Å². The first-order valence-electron chi connectivity index (χ1n) is 28.6. The number of benzene rings is 2. The highest BCUT2D eigenvalue weighted by molar-refractivity contribution is 8.54. The predicted molar refractivity (Wildman–Crippen MR) is 311 cm³/mol. The first kappa shape index (κ1) is 64.8. The number of amides is 3. The second kappa shape index (κ2) is 30.0. The molecule has 5 aromatic rings. The lowest BCUT2D eigenvalue weighted by molar-refractivity contribution is -0.138. The number of halogens is 2. The molecule has 4 aliphatic rings. The number of hydrogen-bond acceptors (Lipinski definition) is 21. The molecule has 4 aliphatic heterocycles. The van der Waals surface area contributed by atoms with E-state index in [2.05, 4.69) is 39.8 Å². The van der Waals surface area contributed by atoms with Crippen LogP contribution in [0, 0.1) is 0 Å². The molecule has 31 heteroatoms. The number of hydrogen-bond donors (Lipinski definition) is 4. The van der Waals surface area contributed by atoms with Gasteiger partial charge in [-0.3, -0.25) is 56.3 Å². The quantitative estimate of drug-likeness (QED) is 0.0100. The number of imidazole rings is 1. The summed E-state index contributed by atoms with van der Waals surface area (Å²) in [7, 11) is -5.35. The van der Waals surface area contributed by atoms with E-state index in [1.165, 1.54) is 63.5 Å². The van der Waals surface area contributed by atoms with Gasteiger partial charge in [-0.25, -0.2) is 42.5 Å². The lowest BCUT2D eigenvalue weighted by Gasteiger charge is -2.29. The average Bonchev–Trinajstić information content (AvgIpc) is 2.05. The van der Waals surface area contributed by atoms with Crippen LogP contribution >= 0.6 is 38.6 Å². The van der Waals surface area contributed by atoms with E-state index in [-0.39, 0.29) is 65.2 Å². The van der Waals surface area contributed by atoms with Crippen LogP contribution in [-0.2, 0) is 56.8 Å². The van der Waals surface area contributed by atoms with Crippen molar-refractivity contribution < 1.29 is 79.0 Å². The summed E-state index contributed by atoms with van der Waals surface area (Å²) in [5.41, 5.74) is -1.18. The summed E-state index contributed by atoms with van der Waals surface area (Å²) in [4.78, 5) is 102. The lowest BCUT2D eigenvalue weighted by atomic mass is 10.1. The second-order valence-electron chi connectivity index (χ2n) is 21.1. The van der Waals surface area contributed by atoms with Crippen LogP contribution in [0.2, 0.25) is 0 Å². The fraction of sp³-hybridized carbons (Fsp3) is 0.545. The third-order valence-corrected chi connectivity index (χ3v) is 19.8. The molecule has 0 bridgehead atoms. The summed E-state index contributed by atoms with van der Waals surface area (Å²) in [6.07, 6.45) is 1.07. The predicted octanol–water partition coefficient (Wildman–Crippen LogP) is 8.88. The molecule has 0 radical (unpaired) electrons. The van der Waals surface area contributed by atoms with Crippen molar-refractivity contribution in [2.45, 2.75) is 163 Å². The molecule has 0 saturated carbocycles. The SMILES string of the molecule is CCCCCCCCCCCCOc1ccc(C(=O)Oc2ccc(CSP3(=O)OC[C@H]4O[C@@H](n5cnc6c(NC(=O)CCCCCN7C(=O)CC(S)C7=O)ncnc65)[C@H](F)[C@@H]4OP(=O)(O)OC[C@H]4O[C@@H](n5ccc(=O)[nH]c5=O)[C@H](F)[C@@H]4O3)cc2)cc1. The molecule has 466 valence electrons. The standard InChI is InChI=1S/C55H68F2N8O17P2S2/c1-2-3-4-5-6-7-8-9-10-14-27-75-36-22-18-35(19-23-36)54(70)78-37-20-16-34(17-21-37)31-86-84(74)77-30-39-47(81-83(72,73)76-29-38-48(82-84)45(57)52(79-38)64-26-24-42(67)62-55(64)71)44(56)53(80-39)65-33-60-46-49(58-32-59-50(46)65)61-41(66)15-12-11-13-25-63-43(68)28-40(85)51(63)69/h16-24,26,32-33,38-40,44-45,47-48,52-53,85H,2-15,25,27-31H2,1H3,(H,72,73)(H,62,67,71)(H,58,59,61,66)/t38-,39-,40?,44-,45-,47-,48-,52-,53-,84?/m1/s1. The normalized spacial score (nSPS) is 26.9. The van der Waals surface area contributed by atoms with Crippen molar-refractivity contribution in [1.29, 1.82) is 0 Å². The zero-order valence-corrected chi connectivity index (χ0v) is 50.4. The maximum Gasteiger partial charge on any atom is 0.472 e. The van der Waals surface area contributed by atoms with E-state index in [1.807, 2.05) is 4.98 Å². The third kappa shape index (κ3) is 16.7. The van der Waals surface area contributed by atoms with E-state index in [9.17, 15) is 38.2 Å². The number of carbonyl (C=O) groups is 4. The Morgan fingerprint density at radius 2 is 1.43 bits per heavy atom. The number of phosphoric acid groups is 1. The number of alkyl halides is 2. The summed E-state index contributed by atoms with van der Waals surface area (Å²) < 4.78 is 110. The number of aromatic amines is 1. The van der Waals surface area contributed by atoms with Crippen LogP contribution in [0.5, 0.6) is 11.5 Å². The molecule has 3 amide bonds. The van der Waals surface area contributed by atoms with Gasteiger partial charge in [0.2, 0.25) is 17.7 Å². The van der Waals surface area contributed by atoms with Gasteiger partial charge in [0, 0.05) is 37.4 Å². The number of carbonyl (C=O) groups excluding carboxylic acids is 4. The highest BCUT2D eigenvalue weighted by Gasteiger charge is 2.55. The number of phosphoric ester groups is 1. The van der Waals surface area contributed by atoms with Gasteiger partial charge >= 0.3 is 26.3 Å². The number of unbranched alkanes of at least 4 members (excludes halogenated alkanes) is 11. The summed E-state index contributed by atoms with van der Waals surface area (Å²) in [5.74, 6) is -1.14. The lowest BCUT2D eigenvalue weighted by Crippen LogP contribution is -2.38. The van der Waals surface area contributed by atoms with Crippen LogP contribution < -0.4 is 26.0 Å². The number of fused-ring (bicyclic) bond motifs is 3. The highest BCUT2D eigenvalue weighted by atomic mass is 32.7. The topological polar surface area (TPSA) is 310 Å². The number of aromatic nitrogens is 6. The van der Waals surface area contributed by atoms with Crippen molar-refractivity contribution in [3.05, 3.63) is 105 Å². The Balaban J connectivity index is 0.848. The van der Waals surface area contributed by atoms with Gasteiger partial charge in [-0.05, 0) is 72.6 Å². The molecule has 11 atom stereocenters. The monoisotopic (exact) mass is 1280 g/mol. The zero-order chi connectivity index (χ0) is 61.0. The molecule has 9 rings (SSSR count). The van der Waals surface area contributed by atoms with Crippen LogP contribution in [0.3, 0.4) is 0 Å². The Labute approximate surface area is 502 Å². The summed E-state index contributed by atoms with van der Waals surface area (Å²) >= 11 is 4.70. The average molecular weight is 1280 g/mol. The first-order chi connectivity index (χ1) is 41.4. The maximum atomic E-state index is 17.0. The molecule has 3 unspecified atom stereocenters. The van der Waals surface area contributed by atoms with Gasteiger partial charge in [-0.2, -0.15) is 12.6 Å². The Kier molecular flexibility index (Phi) is 22.6. The van der Waals surface area contributed by atoms with Crippen molar-refractivity contribution in [2.75, 3.05) is 31.7 Å². The number of rotatable bonds is 26. The molecule has 3 aromatic heterocycles. The molecule has 7 heterocycles. The highest BCUT2D eigenvalue weighted by Crippen LogP contribution is 2.65. The van der Waals surface area contributed by atoms with E-state index in [4.69, 9.17) is 37.0 Å². The summed E-state index contributed by atoms with van der Waals surface area (Å²) in [6, 6.07) is 13.7. The number of nitrogens with zero attached hydrogens (tertiary/aromatic N) is 6. The molecule has 25 nitrogen and oxygen atoms in total. The first-order valence-corrected chi connectivity index (χ1v) is 33.7. The minimum atomic E-state index is -5.35. The molecule has 3 N–H and O–H groups in total. The van der Waals surface area contributed by atoms with Gasteiger partial charge in [0.05, 0.1) is 37.0 Å². The molecule has 86 heavy (non-hydrogen) atoms. The maximum absolute atomic E-state index is 17.0. The van der Waals surface area contributed by atoms with E-state index < -0.39 is 105 Å². The van der Waals surface area contributed by atoms with Gasteiger partial charge in [0.15, 0.2) is 41.8 Å². The second-order valence-corrected chi connectivity index (χ2v) is 27.1. The molecule has 2 aromatic carbocycles. The van der Waals surface area contributed by atoms with Gasteiger partial charge < -0.3 is 29.2 Å². The number of likely N-dealkylation sites (tertiary alicyclic amines) is 1. The Morgan fingerprint density at radius 1 is 0.791 bits per heavy atom. The fourth-order valence-corrected chi connectivity index (χ4v) is 14.8. The van der Waals surface area contributed by atoms with E-state index in [0.29, 0.717) is 53.1 Å². The van der Waals surface area contributed by atoms with Gasteiger partial charge in [-0.15, -0.1) is 0 Å². The Hall–Kier alpha value is -5.71. The zero-order valence-electron chi connectivity index (χ0n) is 46.9. The van der Waals surface area contributed by atoms with Crippen LogP contribution in [0.25, 0.3) is 11.2 Å². The van der Waals surface area contributed by atoms with Crippen LogP contribution in [0.4, 0.5) is 14.6 Å². The summed E-state index contributed by atoms with van der Waals surface area (Å²) in [6.45, 7) is -3.64. The number of ether oxygens (including phenoxy) is 4. The largest absolute Gasteiger partial charge is 0.494 e. The Bertz CT molecular complexity index is 3380. The van der Waals surface area contributed by atoms with Crippen molar-refractivity contribution in [3.63, 3.8) is 0 Å². The van der Waals surface area contributed by atoms with Crippen molar-refractivity contribution in [1.82, 2.24) is 34.0 Å². The molecular formula is C55H68F2N8O17P2S2. The van der Waals surface area contributed by atoms with Crippen LogP contribution in [0.1, 0.15) is 132 Å². The number of esters is 1. The van der Waals surface area contributed by atoms with E-state index >= 15 is 13.3 Å². The van der Waals surface area contributed by atoms with Crippen molar-refractivity contribution in [2.24, 2.45) is 0 Å². The van der Waals surface area contributed by atoms with Crippen LogP contribution in [-0.4, -0.2) is 131 Å². The van der Waals surface area contributed by atoms with Gasteiger partial charge in [0.25, 0.3) is 5.56 Å². The minimum absolute atomic E-state index is 0.00344. The minimum Gasteiger partial charge on any atom is -0.494 e. The van der Waals surface area contributed by atoms with Gasteiger partial charge in [0.1, 0.15) is 42.2 Å². The molecule has 0 aliphatic carbocycles. The number of H-pyrrole nitrogens is 1. The molecule has 0 spiro atoms. The third-order valence-electron chi connectivity index (χ3n) is 14.7. The fourth-order valence-electron chi connectivity index (χ4n) is 10.1. The number of thiol groups is 1. The summed E-state index contributed by atoms with van der Waals surface area (Å²) in [5, 5.41) is 2.00. The number of nitrogens with one attached hydrogen (secondary N) is 2. The van der Waals surface area contributed by atoms with E-state index in [1.54, 1.807) is 36.4 Å². The molecule has 4 fully saturated rings. The van der Waals surface area contributed by atoms with E-state index in [0.717, 1.165) is 47.2 Å². The molecule has 4 saturated heterocycles.